The minimum Gasteiger partial charge on any atom is -0.481 e. The number of nitrogens with zero attached hydrogens (tertiary/aromatic N) is 1. The third-order valence-corrected chi connectivity index (χ3v) is 3.64. The number of benzene rings is 1. The first kappa shape index (κ1) is 15.7. The summed E-state index contributed by atoms with van der Waals surface area (Å²) in [5.41, 5.74) is 0.233. The second-order valence-corrected chi connectivity index (χ2v) is 5.92. The maximum Gasteiger partial charge on any atom is 0.305 e. The number of carbonyl (C=O) groups excluding carboxylic acids is 1. The molecule has 0 aromatic heterocycles. The molecular formula is C14H18BrNO3. The van der Waals surface area contributed by atoms with Crippen molar-refractivity contribution < 1.29 is 14.7 Å². The van der Waals surface area contributed by atoms with E-state index in [9.17, 15) is 9.59 Å². The molecule has 0 atom stereocenters. The van der Waals surface area contributed by atoms with Gasteiger partial charge in [-0.15, -0.1) is 0 Å². The van der Waals surface area contributed by atoms with Crippen molar-refractivity contribution in [1.29, 1.82) is 0 Å². The van der Waals surface area contributed by atoms with Gasteiger partial charge in [-0.05, 0) is 31.5 Å². The molecule has 0 aliphatic rings. The summed E-state index contributed by atoms with van der Waals surface area (Å²) in [7, 11) is 1.63. The first-order valence-corrected chi connectivity index (χ1v) is 6.78. The zero-order valence-electron chi connectivity index (χ0n) is 11.3. The van der Waals surface area contributed by atoms with Crippen LogP contribution in [0.3, 0.4) is 0 Å². The van der Waals surface area contributed by atoms with Gasteiger partial charge in [-0.1, -0.05) is 28.1 Å². The number of aliphatic carboxylic acids is 1. The van der Waals surface area contributed by atoms with Crippen molar-refractivity contribution in [2.45, 2.75) is 25.7 Å². The fraction of sp³-hybridized carbons (Fsp3) is 0.429. The minimum atomic E-state index is -0.902. The number of carbonyl (C=O) groups is 2. The lowest BCUT2D eigenvalue weighted by Crippen LogP contribution is -2.42. The molecule has 0 aliphatic heterocycles. The third kappa shape index (κ3) is 4.06. The topological polar surface area (TPSA) is 57.6 Å². The van der Waals surface area contributed by atoms with E-state index in [0.29, 0.717) is 0 Å². The molecule has 4 nitrogen and oxygen atoms in total. The van der Waals surface area contributed by atoms with Crippen LogP contribution in [0, 0.1) is 0 Å². The molecule has 104 valence electrons. The normalized spacial score (nSPS) is 11.2. The van der Waals surface area contributed by atoms with Crippen molar-refractivity contribution in [2.75, 3.05) is 13.6 Å². The molecule has 1 rings (SSSR count). The Morgan fingerprint density at radius 1 is 1.26 bits per heavy atom. The lowest BCUT2D eigenvalue weighted by Gasteiger charge is -2.29. The van der Waals surface area contributed by atoms with E-state index in [1.165, 1.54) is 4.90 Å². The smallest absolute Gasteiger partial charge is 0.305 e. The van der Waals surface area contributed by atoms with E-state index in [4.69, 9.17) is 5.11 Å². The number of carboxylic acids is 1. The van der Waals surface area contributed by atoms with Gasteiger partial charge in [-0.25, -0.2) is 0 Å². The van der Waals surface area contributed by atoms with Crippen LogP contribution >= 0.6 is 15.9 Å². The van der Waals surface area contributed by atoms with Gasteiger partial charge in [0.2, 0.25) is 5.91 Å². The van der Waals surface area contributed by atoms with Gasteiger partial charge in [0.25, 0.3) is 0 Å². The molecular weight excluding hydrogens is 310 g/mol. The number of carboxylic acid groups (broad SMARTS) is 1. The Labute approximate surface area is 121 Å². The van der Waals surface area contributed by atoms with Crippen LogP contribution in [0.1, 0.15) is 25.8 Å². The monoisotopic (exact) mass is 327 g/mol. The molecule has 0 saturated heterocycles. The van der Waals surface area contributed by atoms with Gasteiger partial charge in [-0.2, -0.15) is 0 Å². The molecule has 0 saturated carbocycles. The summed E-state index contributed by atoms with van der Waals surface area (Å²) in [6.07, 6.45) is -0.0430. The van der Waals surface area contributed by atoms with Crippen LogP contribution in [-0.2, 0) is 15.0 Å². The van der Waals surface area contributed by atoms with E-state index in [0.717, 1.165) is 10.0 Å². The third-order valence-electron chi connectivity index (χ3n) is 3.11. The maximum absolute atomic E-state index is 12.4. The Morgan fingerprint density at radius 2 is 1.79 bits per heavy atom. The SMILES string of the molecule is CN(CCC(=O)O)C(=O)C(C)(C)c1ccc(Br)cc1. The summed E-state index contributed by atoms with van der Waals surface area (Å²) in [4.78, 5) is 24.4. The van der Waals surface area contributed by atoms with Gasteiger partial charge >= 0.3 is 5.97 Å². The van der Waals surface area contributed by atoms with Crippen molar-refractivity contribution in [2.24, 2.45) is 0 Å². The predicted octanol–water partition coefficient (Wildman–Crippen LogP) is 2.66. The van der Waals surface area contributed by atoms with Gasteiger partial charge < -0.3 is 10.0 Å². The minimum absolute atomic E-state index is 0.0430. The van der Waals surface area contributed by atoms with Crippen molar-refractivity contribution >= 4 is 27.8 Å². The first-order chi connectivity index (χ1) is 8.75. The van der Waals surface area contributed by atoms with Gasteiger partial charge in [0.05, 0.1) is 11.8 Å². The summed E-state index contributed by atoms with van der Waals surface area (Å²) in [5.74, 6) is -0.989. The summed E-state index contributed by atoms with van der Waals surface area (Å²) in [6, 6.07) is 7.57. The first-order valence-electron chi connectivity index (χ1n) is 5.98. The molecule has 0 bridgehead atoms. The van der Waals surface area contributed by atoms with E-state index in [1.807, 2.05) is 38.1 Å². The fourth-order valence-electron chi connectivity index (χ4n) is 1.83. The Bertz CT molecular complexity index is 468. The van der Waals surface area contributed by atoms with Crippen molar-refractivity contribution in [1.82, 2.24) is 4.90 Å². The highest BCUT2D eigenvalue weighted by Gasteiger charge is 2.32. The van der Waals surface area contributed by atoms with Crippen LogP contribution in [0.15, 0.2) is 28.7 Å². The van der Waals surface area contributed by atoms with Gasteiger partial charge in [0.15, 0.2) is 0 Å². The summed E-state index contributed by atoms with van der Waals surface area (Å²) in [6.45, 7) is 3.90. The molecule has 1 N–H and O–H groups in total. The lowest BCUT2D eigenvalue weighted by atomic mass is 9.83. The quantitative estimate of drug-likeness (QED) is 0.904. The van der Waals surface area contributed by atoms with Crippen LogP contribution in [0.25, 0.3) is 0 Å². The van der Waals surface area contributed by atoms with E-state index in [-0.39, 0.29) is 18.9 Å². The van der Waals surface area contributed by atoms with Crippen LogP contribution in [0.2, 0.25) is 0 Å². The zero-order valence-corrected chi connectivity index (χ0v) is 12.9. The van der Waals surface area contributed by atoms with Crippen LogP contribution in [0.4, 0.5) is 0 Å². The van der Waals surface area contributed by atoms with E-state index < -0.39 is 11.4 Å². The Kier molecular flexibility index (Phi) is 5.11. The largest absolute Gasteiger partial charge is 0.481 e. The molecule has 0 spiro atoms. The fourth-order valence-corrected chi connectivity index (χ4v) is 2.10. The standard InChI is InChI=1S/C14H18BrNO3/c1-14(2,10-4-6-11(15)7-5-10)13(19)16(3)9-8-12(17)18/h4-7H,8-9H2,1-3H3,(H,17,18). The summed E-state index contributed by atoms with van der Waals surface area (Å²) in [5, 5.41) is 8.65. The van der Waals surface area contributed by atoms with Gasteiger partial charge in [0, 0.05) is 18.1 Å². The number of rotatable bonds is 5. The van der Waals surface area contributed by atoms with Gasteiger partial charge in [-0.3, -0.25) is 9.59 Å². The number of likely N-dealkylation sites (N-methyl/N-ethyl adjacent to an activating group) is 1. The van der Waals surface area contributed by atoms with Gasteiger partial charge in [0.1, 0.15) is 0 Å². The Morgan fingerprint density at radius 3 is 2.26 bits per heavy atom. The van der Waals surface area contributed by atoms with E-state index in [1.54, 1.807) is 7.05 Å². The molecule has 19 heavy (non-hydrogen) atoms. The molecule has 0 heterocycles. The van der Waals surface area contributed by atoms with Crippen LogP contribution < -0.4 is 0 Å². The molecule has 0 fully saturated rings. The zero-order chi connectivity index (χ0) is 14.6. The highest BCUT2D eigenvalue weighted by atomic mass is 79.9. The summed E-state index contributed by atoms with van der Waals surface area (Å²) >= 11 is 3.36. The number of hydrogen-bond acceptors (Lipinski definition) is 2. The second kappa shape index (κ2) is 6.19. The molecule has 1 amide bonds. The Hall–Kier alpha value is -1.36. The molecule has 1 aromatic rings. The van der Waals surface area contributed by atoms with Crippen molar-refractivity contribution in [3.05, 3.63) is 34.3 Å². The second-order valence-electron chi connectivity index (χ2n) is 5.00. The lowest BCUT2D eigenvalue weighted by molar-refractivity contribution is -0.139. The van der Waals surface area contributed by atoms with Crippen molar-refractivity contribution in [3.8, 4) is 0 Å². The average molecular weight is 328 g/mol. The maximum atomic E-state index is 12.4. The van der Waals surface area contributed by atoms with Crippen LogP contribution in [-0.4, -0.2) is 35.5 Å². The van der Waals surface area contributed by atoms with E-state index in [2.05, 4.69) is 15.9 Å². The van der Waals surface area contributed by atoms with Crippen LogP contribution in [0.5, 0.6) is 0 Å². The number of amides is 1. The molecule has 0 radical (unpaired) electrons. The molecule has 0 aliphatic carbocycles. The number of hydrogen-bond donors (Lipinski definition) is 1. The molecule has 5 heteroatoms. The molecule has 0 unspecified atom stereocenters. The highest BCUT2D eigenvalue weighted by molar-refractivity contribution is 9.10. The highest BCUT2D eigenvalue weighted by Crippen LogP contribution is 2.26. The Balaban J connectivity index is 2.83. The average Bonchev–Trinajstić information content (AvgIpc) is 2.35. The summed E-state index contributed by atoms with van der Waals surface area (Å²) < 4.78 is 0.957. The number of halogens is 1. The van der Waals surface area contributed by atoms with E-state index >= 15 is 0 Å². The molecule has 1 aromatic carbocycles. The predicted molar refractivity (Wildman–Crippen MR) is 77.1 cm³/mol. The van der Waals surface area contributed by atoms with Crippen molar-refractivity contribution in [3.63, 3.8) is 0 Å².